The van der Waals surface area contributed by atoms with Gasteiger partial charge in [0.15, 0.2) is 0 Å². The Morgan fingerprint density at radius 1 is 1.00 bits per heavy atom. The maximum Gasteiger partial charge on any atom is 0.222 e. The normalized spacial score (nSPS) is 10.9. The average molecular weight is 464 g/mol. The fraction of sp³-hybridized carbons (Fsp3) is 0.174. The highest BCUT2D eigenvalue weighted by Crippen LogP contribution is 2.23. The van der Waals surface area contributed by atoms with Crippen molar-refractivity contribution in [2.24, 2.45) is 0 Å². The van der Waals surface area contributed by atoms with E-state index >= 15 is 0 Å². The Kier molecular flexibility index (Phi) is 6.09. The van der Waals surface area contributed by atoms with Gasteiger partial charge in [-0.3, -0.25) is 9.48 Å². The predicted molar refractivity (Wildman–Crippen MR) is 120 cm³/mol. The summed E-state index contributed by atoms with van der Waals surface area (Å²) in [5.74, 6) is -0.0225. The number of nitrogens with zero attached hydrogens (tertiary/aromatic N) is 4. The predicted octanol–water partition coefficient (Wildman–Crippen LogP) is 4.51. The first-order chi connectivity index (χ1) is 14.6. The molecule has 0 aliphatic rings. The molecule has 0 bridgehead atoms. The van der Waals surface area contributed by atoms with Gasteiger partial charge in [0.05, 0.1) is 21.5 Å². The molecule has 0 saturated heterocycles. The molecule has 0 unspecified atom stereocenters. The van der Waals surface area contributed by atoms with Crippen molar-refractivity contribution in [3.05, 3.63) is 88.8 Å². The quantitative estimate of drug-likeness (QED) is 0.438. The molecular weight excluding hydrogens is 442 g/mol. The maximum absolute atomic E-state index is 12.4. The number of carbonyl (C=O) groups excluding carboxylic acids is 1. The van der Waals surface area contributed by atoms with E-state index in [9.17, 15) is 4.79 Å². The molecule has 0 aliphatic carbocycles. The van der Waals surface area contributed by atoms with Crippen LogP contribution >= 0.6 is 15.9 Å². The molecule has 0 saturated carbocycles. The minimum Gasteiger partial charge on any atom is -0.352 e. The van der Waals surface area contributed by atoms with Crippen LogP contribution in [0.5, 0.6) is 0 Å². The summed E-state index contributed by atoms with van der Waals surface area (Å²) in [6.45, 7) is 2.88. The van der Waals surface area contributed by atoms with Crippen LogP contribution < -0.4 is 5.32 Å². The highest BCUT2D eigenvalue weighted by molar-refractivity contribution is 9.10. The summed E-state index contributed by atoms with van der Waals surface area (Å²) < 4.78 is 4.58. The summed E-state index contributed by atoms with van der Waals surface area (Å²) in [5.41, 5.74) is 4.75. The highest BCUT2D eigenvalue weighted by atomic mass is 79.9. The number of nitrogens with one attached hydrogen (secondary N) is 1. The highest BCUT2D eigenvalue weighted by Gasteiger charge is 2.13. The SMILES string of the molecule is Cc1nn(CCC(=O)NCc2cn(-c3ccccc3)nc2-c2ccccc2)cc1Br. The van der Waals surface area contributed by atoms with Crippen molar-refractivity contribution < 1.29 is 4.79 Å². The second kappa shape index (κ2) is 9.09. The number of carbonyl (C=O) groups is 1. The minimum absolute atomic E-state index is 0.0225. The smallest absolute Gasteiger partial charge is 0.222 e. The van der Waals surface area contributed by atoms with Crippen LogP contribution in [-0.2, 0) is 17.9 Å². The van der Waals surface area contributed by atoms with Gasteiger partial charge in [-0.25, -0.2) is 4.68 Å². The van der Waals surface area contributed by atoms with Crippen LogP contribution in [0, 0.1) is 6.92 Å². The fourth-order valence-electron chi connectivity index (χ4n) is 3.20. The van der Waals surface area contributed by atoms with Crippen LogP contribution in [0.3, 0.4) is 0 Å². The lowest BCUT2D eigenvalue weighted by atomic mass is 10.1. The van der Waals surface area contributed by atoms with E-state index in [4.69, 9.17) is 5.10 Å². The molecule has 4 rings (SSSR count). The Morgan fingerprint density at radius 3 is 2.37 bits per heavy atom. The minimum atomic E-state index is -0.0225. The Labute approximate surface area is 183 Å². The van der Waals surface area contributed by atoms with Gasteiger partial charge < -0.3 is 5.32 Å². The monoisotopic (exact) mass is 463 g/mol. The summed E-state index contributed by atoms with van der Waals surface area (Å²) in [6.07, 6.45) is 4.23. The van der Waals surface area contributed by atoms with E-state index in [0.29, 0.717) is 19.5 Å². The lowest BCUT2D eigenvalue weighted by Crippen LogP contribution is -2.24. The van der Waals surface area contributed by atoms with Crippen molar-refractivity contribution in [2.75, 3.05) is 0 Å². The van der Waals surface area contributed by atoms with E-state index < -0.39 is 0 Å². The van der Waals surface area contributed by atoms with Crippen molar-refractivity contribution in [3.63, 3.8) is 0 Å². The van der Waals surface area contributed by atoms with E-state index in [1.807, 2.05) is 84.7 Å². The Balaban J connectivity index is 1.48. The largest absolute Gasteiger partial charge is 0.352 e. The van der Waals surface area contributed by atoms with Gasteiger partial charge in [-0.05, 0) is 35.0 Å². The van der Waals surface area contributed by atoms with Gasteiger partial charge in [-0.1, -0.05) is 48.5 Å². The molecule has 2 aromatic heterocycles. The number of amides is 1. The van der Waals surface area contributed by atoms with Crippen molar-refractivity contribution in [1.82, 2.24) is 24.9 Å². The van der Waals surface area contributed by atoms with Gasteiger partial charge in [0.2, 0.25) is 5.91 Å². The second-order valence-electron chi connectivity index (χ2n) is 7.00. The molecule has 0 radical (unpaired) electrons. The third kappa shape index (κ3) is 4.68. The molecule has 0 atom stereocenters. The first-order valence-corrected chi connectivity index (χ1v) is 10.5. The van der Waals surface area contributed by atoms with Gasteiger partial charge in [0.25, 0.3) is 0 Å². The van der Waals surface area contributed by atoms with Crippen molar-refractivity contribution >= 4 is 21.8 Å². The lowest BCUT2D eigenvalue weighted by molar-refractivity contribution is -0.121. The molecule has 152 valence electrons. The van der Waals surface area contributed by atoms with Crippen LogP contribution in [0.15, 0.2) is 77.5 Å². The number of para-hydroxylation sites is 1. The Hall–Kier alpha value is -3.19. The Bertz CT molecular complexity index is 1120. The molecule has 0 aliphatic heterocycles. The lowest BCUT2D eigenvalue weighted by Gasteiger charge is -2.06. The zero-order valence-electron chi connectivity index (χ0n) is 16.6. The van der Waals surface area contributed by atoms with Gasteiger partial charge in [-0.2, -0.15) is 10.2 Å². The second-order valence-corrected chi connectivity index (χ2v) is 7.86. The number of halogens is 1. The number of hydrogen-bond acceptors (Lipinski definition) is 3. The van der Waals surface area contributed by atoms with Gasteiger partial charge >= 0.3 is 0 Å². The van der Waals surface area contributed by atoms with Crippen LogP contribution in [0.25, 0.3) is 16.9 Å². The first kappa shape index (κ1) is 20.1. The number of benzene rings is 2. The molecule has 4 aromatic rings. The van der Waals surface area contributed by atoms with E-state index in [1.165, 1.54) is 0 Å². The number of rotatable bonds is 7. The molecule has 1 N–H and O–H groups in total. The summed E-state index contributed by atoms with van der Waals surface area (Å²) in [7, 11) is 0. The zero-order valence-corrected chi connectivity index (χ0v) is 18.2. The van der Waals surface area contributed by atoms with E-state index in [0.717, 1.165) is 32.7 Å². The standard InChI is InChI=1S/C23H22BrN5O/c1-17-21(24)16-28(26-17)13-12-22(30)25-14-19-15-29(20-10-6-3-7-11-20)27-23(19)18-8-4-2-5-9-18/h2-11,15-16H,12-14H2,1H3,(H,25,30). The zero-order chi connectivity index (χ0) is 20.9. The van der Waals surface area contributed by atoms with Gasteiger partial charge in [0, 0.05) is 43.0 Å². The molecule has 2 aromatic carbocycles. The fourth-order valence-corrected chi connectivity index (χ4v) is 3.51. The molecular formula is C23H22BrN5O. The third-order valence-corrected chi connectivity index (χ3v) is 5.57. The summed E-state index contributed by atoms with van der Waals surface area (Å²) in [6, 6.07) is 20.0. The average Bonchev–Trinajstić information content (AvgIpc) is 3.35. The first-order valence-electron chi connectivity index (χ1n) is 9.76. The van der Waals surface area contributed by atoms with Crippen molar-refractivity contribution in [1.29, 1.82) is 0 Å². The van der Waals surface area contributed by atoms with E-state index in [-0.39, 0.29) is 5.91 Å². The van der Waals surface area contributed by atoms with Gasteiger partial charge in [-0.15, -0.1) is 0 Å². The van der Waals surface area contributed by atoms with E-state index in [1.54, 1.807) is 4.68 Å². The molecule has 2 heterocycles. The molecule has 0 spiro atoms. The van der Waals surface area contributed by atoms with Gasteiger partial charge in [0.1, 0.15) is 0 Å². The van der Waals surface area contributed by atoms with Crippen LogP contribution in [0.1, 0.15) is 17.7 Å². The maximum atomic E-state index is 12.4. The number of aromatic nitrogens is 4. The number of aryl methyl sites for hydroxylation is 2. The van der Waals surface area contributed by atoms with Crippen LogP contribution in [0.2, 0.25) is 0 Å². The molecule has 30 heavy (non-hydrogen) atoms. The Morgan fingerprint density at radius 2 is 1.70 bits per heavy atom. The topological polar surface area (TPSA) is 64.7 Å². The molecule has 0 fully saturated rings. The molecule has 6 nitrogen and oxygen atoms in total. The summed E-state index contributed by atoms with van der Waals surface area (Å²) in [4.78, 5) is 12.4. The summed E-state index contributed by atoms with van der Waals surface area (Å²) >= 11 is 3.44. The van der Waals surface area contributed by atoms with E-state index in [2.05, 4.69) is 26.3 Å². The molecule has 7 heteroatoms. The van der Waals surface area contributed by atoms with Crippen molar-refractivity contribution in [2.45, 2.75) is 26.4 Å². The number of hydrogen-bond donors (Lipinski definition) is 1. The molecule has 1 amide bonds. The van der Waals surface area contributed by atoms with Crippen molar-refractivity contribution in [3.8, 4) is 16.9 Å². The van der Waals surface area contributed by atoms with Crippen LogP contribution in [0.4, 0.5) is 0 Å². The van der Waals surface area contributed by atoms with Crippen LogP contribution in [-0.4, -0.2) is 25.5 Å². The third-order valence-electron chi connectivity index (χ3n) is 4.79. The summed E-state index contributed by atoms with van der Waals surface area (Å²) in [5, 5.41) is 12.2.